The maximum atomic E-state index is 5.92. The standard InChI is InChI=1S/C11H17ClN4/c1-7-4-3-5-16(8(7)2)11-9(13)10(12)14-6-15-11/h6-8H,3-5,13H2,1-2H3. The average Bonchev–Trinajstić information content (AvgIpc) is 2.27. The molecule has 2 atom stereocenters. The molecule has 2 N–H and O–H groups in total. The molecule has 1 aromatic heterocycles. The largest absolute Gasteiger partial charge is 0.393 e. The van der Waals surface area contributed by atoms with Crippen molar-refractivity contribution in [2.75, 3.05) is 17.2 Å². The van der Waals surface area contributed by atoms with Gasteiger partial charge in [0.05, 0.1) is 0 Å². The molecule has 4 nitrogen and oxygen atoms in total. The highest BCUT2D eigenvalue weighted by atomic mass is 35.5. The molecule has 1 saturated heterocycles. The molecular weight excluding hydrogens is 224 g/mol. The molecule has 1 fully saturated rings. The third-order valence-corrected chi connectivity index (χ3v) is 3.76. The van der Waals surface area contributed by atoms with Crippen LogP contribution in [0.5, 0.6) is 0 Å². The van der Waals surface area contributed by atoms with E-state index in [1.807, 2.05) is 0 Å². The number of hydrogen-bond donors (Lipinski definition) is 1. The van der Waals surface area contributed by atoms with Gasteiger partial charge in [0.2, 0.25) is 0 Å². The first-order chi connectivity index (χ1) is 7.61. The molecule has 0 amide bonds. The number of rotatable bonds is 1. The van der Waals surface area contributed by atoms with Gasteiger partial charge in [0.15, 0.2) is 11.0 Å². The fourth-order valence-corrected chi connectivity index (χ4v) is 2.36. The van der Waals surface area contributed by atoms with Gasteiger partial charge in [-0.1, -0.05) is 18.5 Å². The van der Waals surface area contributed by atoms with Crippen molar-refractivity contribution in [1.29, 1.82) is 0 Å². The summed E-state index contributed by atoms with van der Waals surface area (Å²) >= 11 is 5.91. The van der Waals surface area contributed by atoms with Crippen LogP contribution in [0.3, 0.4) is 0 Å². The lowest BCUT2D eigenvalue weighted by Gasteiger charge is -2.39. The number of anilines is 2. The Morgan fingerprint density at radius 2 is 2.19 bits per heavy atom. The molecule has 0 bridgehead atoms. The van der Waals surface area contributed by atoms with Gasteiger partial charge in [0.1, 0.15) is 12.0 Å². The minimum Gasteiger partial charge on any atom is -0.393 e. The van der Waals surface area contributed by atoms with E-state index in [0.29, 0.717) is 22.8 Å². The van der Waals surface area contributed by atoms with E-state index < -0.39 is 0 Å². The molecule has 1 aliphatic heterocycles. The Bertz CT molecular complexity index is 382. The van der Waals surface area contributed by atoms with Crippen LogP contribution < -0.4 is 10.6 Å². The molecule has 5 heteroatoms. The summed E-state index contributed by atoms with van der Waals surface area (Å²) in [7, 11) is 0. The first-order valence-corrected chi connectivity index (χ1v) is 6.01. The molecule has 1 aromatic rings. The molecule has 1 aliphatic rings. The summed E-state index contributed by atoms with van der Waals surface area (Å²) in [6.07, 6.45) is 3.91. The molecular formula is C11H17ClN4. The number of halogens is 1. The van der Waals surface area contributed by atoms with E-state index in [4.69, 9.17) is 17.3 Å². The summed E-state index contributed by atoms with van der Waals surface area (Å²) in [6.45, 7) is 5.46. The number of piperidine rings is 1. The van der Waals surface area contributed by atoms with Gasteiger partial charge >= 0.3 is 0 Å². The third kappa shape index (κ3) is 1.94. The molecule has 2 heterocycles. The Kier molecular flexibility index (Phi) is 3.19. The molecule has 0 aliphatic carbocycles. The smallest absolute Gasteiger partial charge is 0.157 e. The van der Waals surface area contributed by atoms with E-state index in [9.17, 15) is 0 Å². The van der Waals surface area contributed by atoms with Crippen LogP contribution in [0, 0.1) is 5.92 Å². The van der Waals surface area contributed by atoms with Crippen LogP contribution in [0.1, 0.15) is 26.7 Å². The van der Waals surface area contributed by atoms with Crippen LogP contribution in [0.2, 0.25) is 5.15 Å². The Morgan fingerprint density at radius 3 is 2.94 bits per heavy atom. The maximum Gasteiger partial charge on any atom is 0.157 e. The number of hydrogen-bond acceptors (Lipinski definition) is 4. The molecule has 16 heavy (non-hydrogen) atoms. The molecule has 0 aromatic carbocycles. The van der Waals surface area contributed by atoms with Gasteiger partial charge in [-0.3, -0.25) is 0 Å². The SMILES string of the molecule is CC1CCCN(c2ncnc(Cl)c2N)C1C. The molecule has 2 rings (SSSR count). The zero-order chi connectivity index (χ0) is 11.7. The molecule has 0 radical (unpaired) electrons. The van der Waals surface area contributed by atoms with E-state index in [1.54, 1.807) is 0 Å². The summed E-state index contributed by atoms with van der Waals surface area (Å²) in [5, 5.41) is 0.343. The lowest BCUT2D eigenvalue weighted by Crippen LogP contribution is -2.43. The normalized spacial score (nSPS) is 25.8. The third-order valence-electron chi connectivity index (χ3n) is 3.46. The van der Waals surface area contributed by atoms with E-state index >= 15 is 0 Å². The van der Waals surface area contributed by atoms with Crippen LogP contribution in [0.4, 0.5) is 11.5 Å². The van der Waals surface area contributed by atoms with E-state index in [0.717, 1.165) is 12.4 Å². The summed E-state index contributed by atoms with van der Waals surface area (Å²) in [5.74, 6) is 1.43. The van der Waals surface area contributed by atoms with Gasteiger partial charge in [0, 0.05) is 12.6 Å². The fourth-order valence-electron chi connectivity index (χ4n) is 2.23. The van der Waals surface area contributed by atoms with Gasteiger partial charge < -0.3 is 10.6 Å². The van der Waals surface area contributed by atoms with Crippen LogP contribution in [0.25, 0.3) is 0 Å². The minimum atomic E-state index is 0.343. The quantitative estimate of drug-likeness (QED) is 0.766. The van der Waals surface area contributed by atoms with Gasteiger partial charge in [-0.05, 0) is 25.7 Å². The Morgan fingerprint density at radius 1 is 1.44 bits per heavy atom. The monoisotopic (exact) mass is 240 g/mol. The van der Waals surface area contributed by atoms with Crippen LogP contribution in [-0.4, -0.2) is 22.6 Å². The Balaban J connectivity index is 2.32. The predicted octanol–water partition coefficient (Wildman–Crippen LogP) is 2.34. The first kappa shape index (κ1) is 11.5. The Labute approximate surface area is 101 Å². The number of nitrogen functional groups attached to an aromatic ring is 1. The van der Waals surface area contributed by atoms with Gasteiger partial charge in [-0.15, -0.1) is 0 Å². The van der Waals surface area contributed by atoms with Crippen molar-refractivity contribution in [2.24, 2.45) is 5.92 Å². The van der Waals surface area contributed by atoms with Gasteiger partial charge in [-0.2, -0.15) is 0 Å². The Hall–Kier alpha value is -1.03. The highest BCUT2D eigenvalue weighted by Gasteiger charge is 2.27. The summed E-state index contributed by atoms with van der Waals surface area (Å²) in [4.78, 5) is 10.4. The lowest BCUT2D eigenvalue weighted by molar-refractivity contribution is 0.362. The van der Waals surface area contributed by atoms with Gasteiger partial charge in [-0.25, -0.2) is 9.97 Å². The molecule has 88 valence electrons. The summed E-state index contributed by atoms with van der Waals surface area (Å²) in [6, 6.07) is 0.446. The second-order valence-electron chi connectivity index (χ2n) is 4.46. The molecule has 2 unspecified atom stereocenters. The summed E-state index contributed by atoms with van der Waals surface area (Å²) < 4.78 is 0. The number of nitrogens with two attached hydrogens (primary N) is 1. The zero-order valence-electron chi connectivity index (χ0n) is 9.65. The summed E-state index contributed by atoms with van der Waals surface area (Å²) in [5.41, 5.74) is 6.41. The van der Waals surface area contributed by atoms with Crippen molar-refractivity contribution in [3.8, 4) is 0 Å². The number of aromatic nitrogens is 2. The fraction of sp³-hybridized carbons (Fsp3) is 0.636. The predicted molar refractivity (Wildman–Crippen MR) is 66.7 cm³/mol. The van der Waals surface area contributed by atoms with Crippen molar-refractivity contribution >= 4 is 23.1 Å². The first-order valence-electron chi connectivity index (χ1n) is 5.64. The minimum absolute atomic E-state index is 0.343. The highest BCUT2D eigenvalue weighted by molar-refractivity contribution is 6.32. The average molecular weight is 241 g/mol. The van der Waals surface area contributed by atoms with Crippen molar-refractivity contribution in [3.63, 3.8) is 0 Å². The van der Waals surface area contributed by atoms with E-state index in [1.165, 1.54) is 19.2 Å². The van der Waals surface area contributed by atoms with Crippen molar-refractivity contribution in [1.82, 2.24) is 9.97 Å². The van der Waals surface area contributed by atoms with Crippen molar-refractivity contribution in [3.05, 3.63) is 11.5 Å². The van der Waals surface area contributed by atoms with E-state index in [-0.39, 0.29) is 0 Å². The lowest BCUT2D eigenvalue weighted by atomic mass is 9.92. The molecule has 0 spiro atoms. The van der Waals surface area contributed by atoms with Crippen LogP contribution >= 0.6 is 11.6 Å². The zero-order valence-corrected chi connectivity index (χ0v) is 10.4. The van der Waals surface area contributed by atoms with E-state index in [2.05, 4.69) is 28.7 Å². The van der Waals surface area contributed by atoms with Crippen LogP contribution in [0.15, 0.2) is 6.33 Å². The highest BCUT2D eigenvalue weighted by Crippen LogP contribution is 2.32. The van der Waals surface area contributed by atoms with Gasteiger partial charge in [0.25, 0.3) is 0 Å². The second-order valence-corrected chi connectivity index (χ2v) is 4.81. The maximum absolute atomic E-state index is 5.92. The van der Waals surface area contributed by atoms with Crippen molar-refractivity contribution < 1.29 is 0 Å². The molecule has 0 saturated carbocycles. The topological polar surface area (TPSA) is 55.0 Å². The van der Waals surface area contributed by atoms with Crippen LogP contribution in [-0.2, 0) is 0 Å². The van der Waals surface area contributed by atoms with Crippen molar-refractivity contribution in [2.45, 2.75) is 32.7 Å². The number of nitrogens with zero attached hydrogens (tertiary/aromatic N) is 3. The second kappa shape index (κ2) is 4.45.